The second kappa shape index (κ2) is 7.20. The van der Waals surface area contributed by atoms with Crippen LogP contribution >= 0.6 is 27.7 Å². The number of carbonyl (C=O) groups is 1. The van der Waals surface area contributed by atoms with Crippen LogP contribution < -0.4 is 10.6 Å². The molecule has 0 bridgehead atoms. The van der Waals surface area contributed by atoms with Crippen LogP contribution in [0.4, 0.5) is 10.5 Å². The number of amides is 2. The molecule has 0 aromatic heterocycles. The predicted octanol–water partition coefficient (Wildman–Crippen LogP) is 4.41. The third kappa shape index (κ3) is 6.87. The molecule has 0 atom stereocenters. The summed E-state index contributed by atoms with van der Waals surface area (Å²) in [4.78, 5) is 11.7. The molecule has 3 nitrogen and oxygen atoms in total. The van der Waals surface area contributed by atoms with Crippen molar-refractivity contribution in [2.45, 2.75) is 32.4 Å². The maximum absolute atomic E-state index is 11.7. The van der Waals surface area contributed by atoms with Gasteiger partial charge < -0.3 is 10.6 Å². The Bertz CT molecular complexity index is 444. The molecule has 19 heavy (non-hydrogen) atoms. The lowest BCUT2D eigenvalue weighted by atomic mass is 10.2. The van der Waals surface area contributed by atoms with E-state index in [1.807, 2.05) is 36.9 Å². The lowest BCUT2D eigenvalue weighted by Gasteiger charge is -2.17. The molecule has 1 aromatic rings. The third-order valence-electron chi connectivity index (χ3n) is 2.36. The minimum atomic E-state index is -0.153. The predicted molar refractivity (Wildman–Crippen MR) is 88.1 cm³/mol. The van der Waals surface area contributed by atoms with Crippen molar-refractivity contribution in [3.63, 3.8) is 0 Å². The zero-order chi connectivity index (χ0) is 14.5. The molecule has 0 spiro atoms. The summed E-state index contributed by atoms with van der Waals surface area (Å²) in [5, 5.41) is 5.72. The van der Waals surface area contributed by atoms with E-state index in [0.717, 1.165) is 21.5 Å². The first-order valence-electron chi connectivity index (χ1n) is 6.23. The van der Waals surface area contributed by atoms with E-state index in [1.165, 1.54) is 0 Å². The number of urea groups is 1. The molecule has 1 aromatic carbocycles. The first-order valence-corrected chi connectivity index (χ1v) is 8.01. The lowest BCUT2D eigenvalue weighted by molar-refractivity contribution is 0.252. The van der Waals surface area contributed by atoms with Crippen LogP contribution in [0.25, 0.3) is 0 Å². The smallest absolute Gasteiger partial charge is 0.319 e. The van der Waals surface area contributed by atoms with Crippen LogP contribution in [0.1, 0.15) is 26.3 Å². The van der Waals surface area contributed by atoms with E-state index in [9.17, 15) is 4.79 Å². The number of anilines is 1. The highest BCUT2D eigenvalue weighted by Crippen LogP contribution is 2.22. The van der Waals surface area contributed by atoms with Gasteiger partial charge in [-0.05, 0) is 30.7 Å². The van der Waals surface area contributed by atoms with Gasteiger partial charge in [-0.15, -0.1) is 0 Å². The van der Waals surface area contributed by atoms with Gasteiger partial charge in [0.2, 0.25) is 0 Å². The normalized spacial score (nSPS) is 11.2. The van der Waals surface area contributed by atoms with E-state index in [4.69, 9.17) is 0 Å². The number of benzene rings is 1. The zero-order valence-corrected chi connectivity index (χ0v) is 14.2. The highest BCUT2D eigenvalue weighted by molar-refractivity contribution is 9.10. The van der Waals surface area contributed by atoms with Crippen molar-refractivity contribution in [3.05, 3.63) is 28.2 Å². The van der Waals surface area contributed by atoms with Crippen molar-refractivity contribution in [3.8, 4) is 0 Å². The molecule has 0 aliphatic carbocycles. The molecule has 2 amide bonds. The molecular formula is C14H21BrN2OS. The van der Waals surface area contributed by atoms with Gasteiger partial charge in [-0.25, -0.2) is 4.79 Å². The highest BCUT2D eigenvalue weighted by Gasteiger charge is 2.10. The van der Waals surface area contributed by atoms with Crippen molar-refractivity contribution in [2.24, 2.45) is 0 Å². The molecule has 0 fully saturated rings. The van der Waals surface area contributed by atoms with E-state index < -0.39 is 0 Å². The van der Waals surface area contributed by atoms with E-state index >= 15 is 0 Å². The Balaban J connectivity index is 2.35. The number of rotatable bonds is 4. The first-order chi connectivity index (χ1) is 8.78. The van der Waals surface area contributed by atoms with Crippen molar-refractivity contribution >= 4 is 39.4 Å². The first kappa shape index (κ1) is 16.4. The summed E-state index contributed by atoms with van der Waals surface area (Å²) in [6.45, 7) is 9.15. The molecule has 1 rings (SSSR count). The monoisotopic (exact) mass is 344 g/mol. The van der Waals surface area contributed by atoms with Gasteiger partial charge in [-0.2, -0.15) is 11.8 Å². The molecule has 0 aliphatic rings. The Morgan fingerprint density at radius 1 is 1.37 bits per heavy atom. The van der Waals surface area contributed by atoms with Crippen LogP contribution in [0.15, 0.2) is 22.7 Å². The minimum absolute atomic E-state index is 0.153. The van der Waals surface area contributed by atoms with Gasteiger partial charge in [0.1, 0.15) is 0 Å². The minimum Gasteiger partial charge on any atom is -0.337 e. The van der Waals surface area contributed by atoms with Crippen LogP contribution in [0.2, 0.25) is 0 Å². The fraction of sp³-hybridized carbons (Fsp3) is 0.500. The molecular weight excluding hydrogens is 324 g/mol. The number of hydrogen-bond acceptors (Lipinski definition) is 2. The van der Waals surface area contributed by atoms with Crippen LogP contribution in [-0.2, 0) is 0 Å². The van der Waals surface area contributed by atoms with Gasteiger partial charge in [0.15, 0.2) is 0 Å². The van der Waals surface area contributed by atoms with E-state index in [1.54, 1.807) is 0 Å². The average Bonchev–Trinajstić information content (AvgIpc) is 2.27. The molecule has 0 saturated carbocycles. The van der Waals surface area contributed by atoms with Gasteiger partial charge in [0, 0.05) is 27.2 Å². The second-order valence-electron chi connectivity index (χ2n) is 5.30. The molecule has 0 unspecified atom stereocenters. The summed E-state index contributed by atoms with van der Waals surface area (Å²) in [5.41, 5.74) is 1.87. The Kier molecular flexibility index (Phi) is 6.20. The molecule has 0 heterocycles. The largest absolute Gasteiger partial charge is 0.337 e. The van der Waals surface area contributed by atoms with E-state index in [2.05, 4.69) is 47.3 Å². The van der Waals surface area contributed by atoms with Gasteiger partial charge in [0.05, 0.1) is 0 Å². The number of halogens is 1. The molecule has 0 saturated heterocycles. The molecule has 0 radical (unpaired) electrons. The second-order valence-corrected chi connectivity index (χ2v) is 8.14. The van der Waals surface area contributed by atoms with Gasteiger partial charge in [-0.3, -0.25) is 0 Å². The number of carbonyl (C=O) groups excluding carboxylic acids is 1. The van der Waals surface area contributed by atoms with Crippen LogP contribution in [0.3, 0.4) is 0 Å². The summed E-state index contributed by atoms with van der Waals surface area (Å²) in [6.07, 6.45) is 0. The average molecular weight is 345 g/mol. The van der Waals surface area contributed by atoms with Crippen LogP contribution in [0.5, 0.6) is 0 Å². The Labute approximate surface area is 128 Å². The number of nitrogens with one attached hydrogen (secondary N) is 2. The lowest BCUT2D eigenvalue weighted by Crippen LogP contribution is -2.31. The molecule has 5 heteroatoms. The van der Waals surface area contributed by atoms with Crippen LogP contribution in [0, 0.1) is 6.92 Å². The number of aryl methyl sites for hydroxylation is 1. The fourth-order valence-electron chi connectivity index (χ4n) is 1.46. The Morgan fingerprint density at radius 3 is 2.63 bits per heavy atom. The third-order valence-corrected chi connectivity index (χ3v) is 4.13. The van der Waals surface area contributed by atoms with Crippen molar-refractivity contribution < 1.29 is 4.79 Å². The number of hydrogen-bond donors (Lipinski definition) is 2. The quantitative estimate of drug-likeness (QED) is 0.794. The molecule has 2 N–H and O–H groups in total. The Morgan fingerprint density at radius 2 is 2.05 bits per heavy atom. The summed E-state index contributed by atoms with van der Waals surface area (Å²) in [5.74, 6) is 0.913. The standard InChI is InChI=1S/C14H21BrN2OS/c1-10-9-11(15)5-6-12(10)17-13(18)16-7-8-19-14(2,3)4/h5-6,9H,7-8H2,1-4H3,(H2,16,17,18). The SMILES string of the molecule is Cc1cc(Br)ccc1NC(=O)NCCSC(C)(C)C. The highest BCUT2D eigenvalue weighted by atomic mass is 79.9. The topological polar surface area (TPSA) is 41.1 Å². The summed E-state index contributed by atoms with van der Waals surface area (Å²) < 4.78 is 1.25. The summed E-state index contributed by atoms with van der Waals surface area (Å²) in [7, 11) is 0. The van der Waals surface area contributed by atoms with Crippen molar-refractivity contribution in [1.82, 2.24) is 5.32 Å². The summed E-state index contributed by atoms with van der Waals surface area (Å²) >= 11 is 5.24. The Hall–Kier alpha value is -0.680. The maximum atomic E-state index is 11.7. The maximum Gasteiger partial charge on any atom is 0.319 e. The van der Waals surface area contributed by atoms with E-state index in [-0.39, 0.29) is 10.8 Å². The van der Waals surface area contributed by atoms with Crippen molar-refractivity contribution in [2.75, 3.05) is 17.6 Å². The fourth-order valence-corrected chi connectivity index (χ4v) is 2.75. The van der Waals surface area contributed by atoms with Gasteiger partial charge in [-0.1, -0.05) is 36.7 Å². The van der Waals surface area contributed by atoms with E-state index in [0.29, 0.717) is 6.54 Å². The molecule has 0 aliphatic heterocycles. The van der Waals surface area contributed by atoms with Gasteiger partial charge >= 0.3 is 6.03 Å². The van der Waals surface area contributed by atoms with Crippen molar-refractivity contribution in [1.29, 1.82) is 0 Å². The number of thioether (sulfide) groups is 1. The zero-order valence-electron chi connectivity index (χ0n) is 11.8. The molecule has 106 valence electrons. The van der Waals surface area contributed by atoms with Crippen LogP contribution in [-0.4, -0.2) is 23.1 Å². The summed E-state index contributed by atoms with van der Waals surface area (Å²) in [6, 6.07) is 5.63. The van der Waals surface area contributed by atoms with Gasteiger partial charge in [0.25, 0.3) is 0 Å².